The molecule has 2 N–H and O–H groups in total. The van der Waals surface area contributed by atoms with Gasteiger partial charge in [0, 0.05) is 38.9 Å². The average molecular weight is 250 g/mol. The number of aromatic nitrogens is 2. The van der Waals surface area contributed by atoms with Crippen molar-refractivity contribution < 1.29 is 4.74 Å². The first-order valence-electron chi connectivity index (χ1n) is 6.66. The average Bonchev–Trinajstić information content (AvgIpc) is 2.44. The summed E-state index contributed by atoms with van der Waals surface area (Å²) in [5.74, 6) is 2.53. The fraction of sp³-hybridized carbons (Fsp3) is 0.692. The van der Waals surface area contributed by atoms with Gasteiger partial charge in [-0.25, -0.2) is 9.97 Å². The van der Waals surface area contributed by atoms with Gasteiger partial charge in [-0.3, -0.25) is 0 Å². The molecule has 0 amide bonds. The molecule has 2 heterocycles. The van der Waals surface area contributed by atoms with E-state index < -0.39 is 0 Å². The molecule has 0 aromatic carbocycles. The van der Waals surface area contributed by atoms with Crippen molar-refractivity contribution in [1.82, 2.24) is 15.3 Å². The Morgan fingerprint density at radius 2 is 2.22 bits per heavy atom. The summed E-state index contributed by atoms with van der Waals surface area (Å²) in [5.41, 5.74) is 0. The molecule has 18 heavy (non-hydrogen) atoms. The summed E-state index contributed by atoms with van der Waals surface area (Å²) in [6.07, 6.45) is 4.98. The predicted octanol–water partition coefficient (Wildman–Crippen LogP) is 1.08. The number of likely N-dealkylation sites (N-methyl/N-ethyl adjacent to an activating group) is 1. The van der Waals surface area contributed by atoms with Crippen LogP contribution in [0.2, 0.25) is 0 Å². The third-order valence-electron chi connectivity index (χ3n) is 3.22. The van der Waals surface area contributed by atoms with E-state index in [0.29, 0.717) is 5.92 Å². The van der Waals surface area contributed by atoms with Crippen LogP contribution in [0.1, 0.15) is 18.7 Å². The van der Waals surface area contributed by atoms with Crippen molar-refractivity contribution in [3.05, 3.63) is 18.1 Å². The van der Waals surface area contributed by atoms with Crippen LogP contribution in [0.4, 0.5) is 5.82 Å². The normalized spacial score (nSPS) is 16.7. The Kier molecular flexibility index (Phi) is 5.36. The summed E-state index contributed by atoms with van der Waals surface area (Å²) in [4.78, 5) is 8.76. The molecule has 0 unspecified atom stereocenters. The smallest absolute Gasteiger partial charge is 0.131 e. The lowest BCUT2D eigenvalue weighted by Crippen LogP contribution is -2.23. The van der Waals surface area contributed by atoms with Gasteiger partial charge < -0.3 is 15.4 Å². The fourth-order valence-corrected chi connectivity index (χ4v) is 2.05. The van der Waals surface area contributed by atoms with E-state index >= 15 is 0 Å². The summed E-state index contributed by atoms with van der Waals surface area (Å²) in [6.45, 7) is 3.67. The van der Waals surface area contributed by atoms with E-state index in [-0.39, 0.29) is 0 Å². The number of nitrogens with one attached hydrogen (secondary N) is 2. The number of nitrogens with zero attached hydrogens (tertiary/aromatic N) is 2. The second-order valence-corrected chi connectivity index (χ2v) is 4.65. The van der Waals surface area contributed by atoms with E-state index in [0.717, 1.165) is 57.2 Å². The van der Waals surface area contributed by atoms with Gasteiger partial charge >= 0.3 is 0 Å². The van der Waals surface area contributed by atoms with Crippen molar-refractivity contribution >= 4 is 5.82 Å². The zero-order valence-corrected chi connectivity index (χ0v) is 11.0. The third kappa shape index (κ3) is 4.23. The van der Waals surface area contributed by atoms with E-state index in [9.17, 15) is 0 Å². The van der Waals surface area contributed by atoms with Gasteiger partial charge in [0.15, 0.2) is 0 Å². The molecular formula is C13H22N4O. The van der Waals surface area contributed by atoms with Gasteiger partial charge in [0.1, 0.15) is 11.6 Å². The van der Waals surface area contributed by atoms with Gasteiger partial charge in [-0.2, -0.15) is 0 Å². The van der Waals surface area contributed by atoms with E-state index in [4.69, 9.17) is 4.74 Å². The maximum Gasteiger partial charge on any atom is 0.131 e. The molecule has 100 valence electrons. The molecule has 2 rings (SSSR count). The third-order valence-corrected chi connectivity index (χ3v) is 3.22. The Labute approximate surface area is 108 Å². The Bertz CT molecular complexity index is 353. The quantitative estimate of drug-likeness (QED) is 0.791. The maximum absolute atomic E-state index is 5.35. The summed E-state index contributed by atoms with van der Waals surface area (Å²) in [5, 5.41) is 6.51. The molecule has 5 nitrogen and oxygen atoms in total. The lowest BCUT2D eigenvalue weighted by Gasteiger charge is -2.22. The van der Waals surface area contributed by atoms with E-state index in [1.165, 1.54) is 0 Å². The number of rotatable bonds is 6. The minimum Gasteiger partial charge on any atom is -0.381 e. The standard InChI is InChI=1S/C13H22N4O/c1-14-6-2-12-15-7-3-13(17-12)16-10-11-4-8-18-9-5-11/h3,7,11,14H,2,4-6,8-10H2,1H3,(H,15,16,17). The molecule has 0 aliphatic carbocycles. The summed E-state index contributed by atoms with van der Waals surface area (Å²) in [7, 11) is 1.94. The van der Waals surface area contributed by atoms with Gasteiger partial charge in [0.05, 0.1) is 0 Å². The van der Waals surface area contributed by atoms with Crippen LogP contribution in [-0.4, -0.2) is 43.3 Å². The number of ether oxygens (including phenoxy) is 1. The molecule has 0 spiro atoms. The Morgan fingerprint density at radius 1 is 1.39 bits per heavy atom. The number of hydrogen-bond donors (Lipinski definition) is 2. The van der Waals surface area contributed by atoms with Crippen molar-refractivity contribution in [1.29, 1.82) is 0 Å². The monoisotopic (exact) mass is 250 g/mol. The van der Waals surface area contributed by atoms with Crippen LogP contribution in [-0.2, 0) is 11.2 Å². The van der Waals surface area contributed by atoms with Gasteiger partial charge in [0.25, 0.3) is 0 Å². The highest BCUT2D eigenvalue weighted by Gasteiger charge is 2.13. The minimum absolute atomic E-state index is 0.703. The number of anilines is 1. The minimum atomic E-state index is 0.703. The first-order chi connectivity index (χ1) is 8.88. The van der Waals surface area contributed by atoms with Crippen molar-refractivity contribution in [2.75, 3.05) is 38.7 Å². The highest BCUT2D eigenvalue weighted by molar-refractivity contribution is 5.32. The molecule has 0 saturated carbocycles. The molecule has 1 aromatic rings. The molecule has 1 aromatic heterocycles. The largest absolute Gasteiger partial charge is 0.381 e. The van der Waals surface area contributed by atoms with Crippen LogP contribution in [0.15, 0.2) is 12.3 Å². The molecule has 1 aliphatic rings. The van der Waals surface area contributed by atoms with E-state index in [2.05, 4.69) is 20.6 Å². The molecular weight excluding hydrogens is 228 g/mol. The zero-order valence-electron chi connectivity index (χ0n) is 11.0. The fourth-order valence-electron chi connectivity index (χ4n) is 2.05. The summed E-state index contributed by atoms with van der Waals surface area (Å²) < 4.78 is 5.35. The molecule has 0 atom stereocenters. The highest BCUT2D eigenvalue weighted by atomic mass is 16.5. The first-order valence-corrected chi connectivity index (χ1v) is 6.66. The predicted molar refractivity (Wildman–Crippen MR) is 71.7 cm³/mol. The SMILES string of the molecule is CNCCc1nccc(NCC2CCOCC2)n1. The van der Waals surface area contributed by atoms with Gasteiger partial charge in [-0.1, -0.05) is 0 Å². The maximum atomic E-state index is 5.35. The van der Waals surface area contributed by atoms with Crippen LogP contribution in [0, 0.1) is 5.92 Å². The molecule has 1 saturated heterocycles. The second-order valence-electron chi connectivity index (χ2n) is 4.65. The van der Waals surface area contributed by atoms with Crippen LogP contribution in [0.25, 0.3) is 0 Å². The van der Waals surface area contributed by atoms with Crippen molar-refractivity contribution in [2.45, 2.75) is 19.3 Å². The highest BCUT2D eigenvalue weighted by Crippen LogP contribution is 2.15. The Balaban J connectivity index is 1.80. The van der Waals surface area contributed by atoms with Crippen LogP contribution < -0.4 is 10.6 Å². The lowest BCUT2D eigenvalue weighted by atomic mass is 10.0. The topological polar surface area (TPSA) is 59.1 Å². The first kappa shape index (κ1) is 13.2. The van der Waals surface area contributed by atoms with Crippen molar-refractivity contribution in [2.24, 2.45) is 5.92 Å². The Morgan fingerprint density at radius 3 is 3.00 bits per heavy atom. The van der Waals surface area contributed by atoms with Crippen molar-refractivity contribution in [3.63, 3.8) is 0 Å². The van der Waals surface area contributed by atoms with Gasteiger partial charge in [-0.15, -0.1) is 0 Å². The van der Waals surface area contributed by atoms with E-state index in [1.54, 1.807) is 0 Å². The molecule has 0 radical (unpaired) electrons. The summed E-state index contributed by atoms with van der Waals surface area (Å²) >= 11 is 0. The summed E-state index contributed by atoms with van der Waals surface area (Å²) in [6, 6.07) is 1.93. The molecule has 5 heteroatoms. The zero-order chi connectivity index (χ0) is 12.6. The van der Waals surface area contributed by atoms with Gasteiger partial charge in [-0.05, 0) is 31.9 Å². The molecule has 0 bridgehead atoms. The molecule has 1 fully saturated rings. The van der Waals surface area contributed by atoms with Crippen LogP contribution >= 0.6 is 0 Å². The number of hydrogen-bond acceptors (Lipinski definition) is 5. The van der Waals surface area contributed by atoms with Gasteiger partial charge in [0.2, 0.25) is 0 Å². The van der Waals surface area contributed by atoms with E-state index in [1.807, 2.05) is 19.3 Å². The van der Waals surface area contributed by atoms with Crippen LogP contribution in [0.3, 0.4) is 0 Å². The van der Waals surface area contributed by atoms with Crippen molar-refractivity contribution in [3.8, 4) is 0 Å². The van der Waals surface area contributed by atoms with Crippen LogP contribution in [0.5, 0.6) is 0 Å². The molecule has 1 aliphatic heterocycles. The second kappa shape index (κ2) is 7.28. The lowest BCUT2D eigenvalue weighted by molar-refractivity contribution is 0.0699. The Hall–Kier alpha value is -1.20.